The molecule has 6 heteroatoms. The molecule has 0 radical (unpaired) electrons. The van der Waals surface area contributed by atoms with E-state index >= 15 is 0 Å². The molecule has 1 saturated carbocycles. The second-order valence-electron chi connectivity index (χ2n) is 6.98. The number of anilines is 1. The average Bonchev–Trinajstić information content (AvgIpc) is 3.27. The lowest BCUT2D eigenvalue weighted by Crippen LogP contribution is -2.37. The molecule has 0 saturated heterocycles. The molecule has 1 aliphatic heterocycles. The van der Waals surface area contributed by atoms with Crippen LogP contribution in [0, 0.1) is 12.8 Å². The molecular formula is C18H22N4OS. The van der Waals surface area contributed by atoms with Gasteiger partial charge in [-0.1, -0.05) is 0 Å². The van der Waals surface area contributed by atoms with Gasteiger partial charge in [0.05, 0.1) is 5.69 Å². The minimum absolute atomic E-state index is 0.174. The van der Waals surface area contributed by atoms with Gasteiger partial charge < -0.3 is 9.80 Å². The molecule has 126 valence electrons. The van der Waals surface area contributed by atoms with Crippen molar-refractivity contribution in [2.45, 2.75) is 32.2 Å². The number of aromatic nitrogens is 2. The number of rotatable bonds is 3. The van der Waals surface area contributed by atoms with Gasteiger partial charge in [0.2, 0.25) is 5.91 Å². The van der Waals surface area contributed by atoms with Gasteiger partial charge >= 0.3 is 0 Å². The number of carbonyl (C=O) groups excluding carboxylic acids is 1. The summed E-state index contributed by atoms with van der Waals surface area (Å²) >= 11 is 1.83. The van der Waals surface area contributed by atoms with Crippen LogP contribution in [0.1, 0.15) is 33.4 Å². The third-order valence-corrected chi connectivity index (χ3v) is 6.06. The van der Waals surface area contributed by atoms with Crippen LogP contribution in [-0.4, -0.2) is 41.6 Å². The summed E-state index contributed by atoms with van der Waals surface area (Å²) in [7, 11) is 3.92. The van der Waals surface area contributed by atoms with Crippen molar-refractivity contribution in [3.8, 4) is 0 Å². The molecule has 0 bridgehead atoms. The fraction of sp³-hybridized carbons (Fsp3) is 0.500. The Morgan fingerprint density at radius 3 is 2.88 bits per heavy atom. The van der Waals surface area contributed by atoms with Crippen molar-refractivity contribution in [2.75, 3.05) is 25.5 Å². The zero-order valence-electron chi connectivity index (χ0n) is 14.3. The van der Waals surface area contributed by atoms with Crippen molar-refractivity contribution in [3.63, 3.8) is 0 Å². The number of hydrogen-bond acceptors (Lipinski definition) is 5. The highest BCUT2D eigenvalue weighted by atomic mass is 32.1. The van der Waals surface area contributed by atoms with Crippen molar-refractivity contribution in [3.05, 3.63) is 39.2 Å². The van der Waals surface area contributed by atoms with E-state index in [9.17, 15) is 4.79 Å². The van der Waals surface area contributed by atoms with Gasteiger partial charge in [0.15, 0.2) is 5.82 Å². The molecule has 1 fully saturated rings. The van der Waals surface area contributed by atoms with Crippen LogP contribution < -0.4 is 4.90 Å². The molecule has 0 spiro atoms. The molecule has 2 aromatic heterocycles. The van der Waals surface area contributed by atoms with E-state index in [4.69, 9.17) is 0 Å². The fourth-order valence-electron chi connectivity index (χ4n) is 3.39. The van der Waals surface area contributed by atoms with Crippen LogP contribution in [0.15, 0.2) is 18.2 Å². The summed E-state index contributed by atoms with van der Waals surface area (Å²) in [5.41, 5.74) is 2.17. The third-order valence-electron chi connectivity index (χ3n) is 4.93. The van der Waals surface area contributed by atoms with Crippen molar-refractivity contribution < 1.29 is 4.79 Å². The van der Waals surface area contributed by atoms with Gasteiger partial charge in [0, 0.05) is 55.2 Å². The number of thiophene rings is 1. The van der Waals surface area contributed by atoms with Gasteiger partial charge in [0.1, 0.15) is 0 Å². The van der Waals surface area contributed by atoms with E-state index in [-0.39, 0.29) is 5.92 Å². The Morgan fingerprint density at radius 2 is 2.17 bits per heavy atom. The molecular weight excluding hydrogens is 320 g/mol. The van der Waals surface area contributed by atoms with Crippen LogP contribution >= 0.6 is 11.3 Å². The first kappa shape index (κ1) is 15.6. The van der Waals surface area contributed by atoms with E-state index in [1.165, 1.54) is 9.75 Å². The molecule has 3 heterocycles. The molecule has 4 rings (SSSR count). The molecule has 0 unspecified atom stereocenters. The summed E-state index contributed by atoms with van der Waals surface area (Å²) in [5.74, 6) is 1.76. The van der Waals surface area contributed by atoms with Crippen molar-refractivity contribution in [1.82, 2.24) is 15.1 Å². The number of fused-ring (bicyclic) bond motifs is 1. The van der Waals surface area contributed by atoms with Crippen LogP contribution in [0.3, 0.4) is 0 Å². The van der Waals surface area contributed by atoms with Crippen LogP contribution in [0.2, 0.25) is 0 Å². The summed E-state index contributed by atoms with van der Waals surface area (Å²) in [5, 5.41) is 8.57. The average molecular weight is 342 g/mol. The van der Waals surface area contributed by atoms with Gasteiger partial charge in [-0.2, -0.15) is 5.10 Å². The van der Waals surface area contributed by atoms with Crippen LogP contribution in [0.4, 0.5) is 5.82 Å². The largest absolute Gasteiger partial charge is 0.361 e. The maximum absolute atomic E-state index is 12.9. The molecule has 0 aromatic carbocycles. The summed E-state index contributed by atoms with van der Waals surface area (Å²) in [6, 6.07) is 6.40. The molecule has 1 aliphatic carbocycles. The normalized spacial score (nSPS) is 22.2. The summed E-state index contributed by atoms with van der Waals surface area (Å²) < 4.78 is 0. The van der Waals surface area contributed by atoms with Gasteiger partial charge in [-0.05, 0) is 37.1 Å². The maximum Gasteiger partial charge on any atom is 0.226 e. The number of aryl methyl sites for hydroxylation is 1. The lowest BCUT2D eigenvalue weighted by Gasteiger charge is -2.29. The second kappa shape index (κ2) is 5.84. The van der Waals surface area contributed by atoms with E-state index in [0.717, 1.165) is 36.5 Å². The highest BCUT2D eigenvalue weighted by molar-refractivity contribution is 7.12. The molecule has 24 heavy (non-hydrogen) atoms. The minimum atomic E-state index is 0.174. The van der Waals surface area contributed by atoms with E-state index < -0.39 is 0 Å². The Morgan fingerprint density at radius 1 is 1.33 bits per heavy atom. The monoisotopic (exact) mass is 342 g/mol. The highest BCUT2D eigenvalue weighted by Gasteiger charge is 2.46. The van der Waals surface area contributed by atoms with Gasteiger partial charge in [-0.25, -0.2) is 0 Å². The first-order valence-electron chi connectivity index (χ1n) is 8.41. The van der Waals surface area contributed by atoms with E-state index in [1.807, 2.05) is 35.2 Å². The highest BCUT2D eigenvalue weighted by Crippen LogP contribution is 2.50. The second-order valence-corrected chi connectivity index (χ2v) is 8.30. The molecule has 0 N–H and O–H groups in total. The lowest BCUT2D eigenvalue weighted by molar-refractivity contribution is -0.133. The predicted molar refractivity (Wildman–Crippen MR) is 95.4 cm³/mol. The van der Waals surface area contributed by atoms with Gasteiger partial charge in [-0.3, -0.25) is 4.79 Å². The molecule has 2 atom stereocenters. The fourth-order valence-corrected chi connectivity index (χ4v) is 4.45. The summed E-state index contributed by atoms with van der Waals surface area (Å²) in [6.07, 6.45) is 1.80. The predicted octanol–water partition coefficient (Wildman–Crippen LogP) is 2.60. The third kappa shape index (κ3) is 2.79. The standard InChI is InChI=1S/C18H22N4OS/c1-11-4-5-16(24-11)13-9-14(13)18(23)22-7-6-15-12(10-22)8-17(20-19-15)21(2)3/h4-5,8,13-14H,6-7,9-10H2,1-3H3/t13-,14-/m0/s1. The van der Waals surface area contributed by atoms with Gasteiger partial charge in [0.25, 0.3) is 0 Å². The Kier molecular flexibility index (Phi) is 3.79. The summed E-state index contributed by atoms with van der Waals surface area (Å²) in [6.45, 7) is 3.55. The minimum Gasteiger partial charge on any atom is -0.361 e. The smallest absolute Gasteiger partial charge is 0.226 e. The van der Waals surface area contributed by atoms with Crippen molar-refractivity contribution in [2.24, 2.45) is 5.92 Å². The zero-order valence-corrected chi connectivity index (χ0v) is 15.1. The maximum atomic E-state index is 12.9. The first-order valence-corrected chi connectivity index (χ1v) is 9.22. The zero-order chi connectivity index (χ0) is 16.8. The van der Waals surface area contributed by atoms with Gasteiger partial charge in [-0.15, -0.1) is 16.4 Å². The summed E-state index contributed by atoms with van der Waals surface area (Å²) in [4.78, 5) is 19.5. The topological polar surface area (TPSA) is 49.3 Å². The lowest BCUT2D eigenvalue weighted by atomic mass is 10.1. The van der Waals surface area contributed by atoms with Crippen LogP contribution in [-0.2, 0) is 17.8 Å². The van der Waals surface area contributed by atoms with Crippen molar-refractivity contribution >= 4 is 23.1 Å². The Labute approximate surface area is 146 Å². The van der Waals surface area contributed by atoms with Crippen molar-refractivity contribution in [1.29, 1.82) is 0 Å². The number of amides is 1. The molecule has 2 aliphatic rings. The van der Waals surface area contributed by atoms with Crippen LogP contribution in [0.5, 0.6) is 0 Å². The van der Waals surface area contributed by atoms with E-state index in [0.29, 0.717) is 18.4 Å². The Bertz CT molecular complexity index is 785. The first-order chi connectivity index (χ1) is 11.5. The Hall–Kier alpha value is -1.95. The number of hydrogen-bond donors (Lipinski definition) is 0. The SMILES string of the molecule is Cc1ccc([C@H]2C[C@@H]2C(=O)N2CCc3nnc(N(C)C)cc3C2)s1. The molecule has 2 aromatic rings. The Balaban J connectivity index is 1.46. The van der Waals surface area contributed by atoms with E-state index in [2.05, 4.69) is 35.3 Å². The molecule has 1 amide bonds. The van der Waals surface area contributed by atoms with E-state index in [1.54, 1.807) is 0 Å². The number of carbonyl (C=O) groups is 1. The molecule has 5 nitrogen and oxygen atoms in total. The quantitative estimate of drug-likeness (QED) is 0.860. The van der Waals surface area contributed by atoms with Crippen LogP contribution in [0.25, 0.3) is 0 Å². The number of nitrogens with zero attached hydrogens (tertiary/aromatic N) is 4.